The van der Waals surface area contributed by atoms with Crippen LogP contribution in [0.2, 0.25) is 0 Å². The van der Waals surface area contributed by atoms with Gasteiger partial charge in [0.05, 0.1) is 0 Å². The summed E-state index contributed by atoms with van der Waals surface area (Å²) >= 11 is 0. The van der Waals surface area contributed by atoms with Crippen molar-refractivity contribution in [3.05, 3.63) is 109 Å². The zero-order valence-electron chi connectivity index (χ0n) is 49.7. The van der Waals surface area contributed by atoms with Crippen molar-refractivity contribution < 1.29 is 28.6 Å². The van der Waals surface area contributed by atoms with Gasteiger partial charge in [0.2, 0.25) is 0 Å². The molecule has 0 N–H and O–H groups in total. The third-order valence-electron chi connectivity index (χ3n) is 13.5. The van der Waals surface area contributed by atoms with Crippen LogP contribution in [0.25, 0.3) is 0 Å². The number of allylic oxidation sites excluding steroid dienone is 18. The molecule has 0 aromatic carbocycles. The normalized spacial score (nSPS) is 12.8. The molecule has 0 fully saturated rings. The van der Waals surface area contributed by atoms with Crippen LogP contribution >= 0.6 is 0 Å². The van der Waals surface area contributed by atoms with E-state index in [0.717, 1.165) is 122 Å². The Bertz CT molecular complexity index is 1540. The van der Waals surface area contributed by atoms with Gasteiger partial charge in [0, 0.05) is 19.3 Å². The van der Waals surface area contributed by atoms with E-state index in [4.69, 9.17) is 14.2 Å². The lowest BCUT2D eigenvalue weighted by Gasteiger charge is -2.18. The van der Waals surface area contributed by atoms with Crippen LogP contribution in [0.5, 0.6) is 0 Å². The molecule has 76 heavy (non-hydrogen) atoms. The van der Waals surface area contributed by atoms with Gasteiger partial charge >= 0.3 is 17.9 Å². The summed E-state index contributed by atoms with van der Waals surface area (Å²) in [6.07, 6.45) is 86.5. The molecule has 0 bridgehead atoms. The summed E-state index contributed by atoms with van der Waals surface area (Å²) in [4.78, 5) is 38.4. The minimum Gasteiger partial charge on any atom is -0.462 e. The van der Waals surface area contributed by atoms with Crippen molar-refractivity contribution in [3.8, 4) is 0 Å². The second-order valence-corrected chi connectivity index (χ2v) is 20.9. The van der Waals surface area contributed by atoms with E-state index in [1.54, 1.807) is 0 Å². The molecule has 0 amide bonds. The number of hydrogen-bond donors (Lipinski definition) is 0. The Kier molecular flexibility index (Phi) is 60.3. The maximum atomic E-state index is 12.9. The summed E-state index contributed by atoms with van der Waals surface area (Å²) in [5, 5.41) is 0. The van der Waals surface area contributed by atoms with E-state index in [2.05, 4.69) is 130 Å². The van der Waals surface area contributed by atoms with Crippen LogP contribution in [-0.2, 0) is 28.6 Å². The van der Waals surface area contributed by atoms with E-state index in [9.17, 15) is 14.4 Å². The maximum absolute atomic E-state index is 12.9. The molecule has 0 radical (unpaired) electrons. The van der Waals surface area contributed by atoms with E-state index >= 15 is 0 Å². The lowest BCUT2D eigenvalue weighted by Crippen LogP contribution is -2.30. The molecule has 0 saturated carbocycles. The van der Waals surface area contributed by atoms with Crippen molar-refractivity contribution in [2.24, 2.45) is 0 Å². The summed E-state index contributed by atoms with van der Waals surface area (Å²) in [5.41, 5.74) is 0. The molecule has 0 rings (SSSR count). The first-order chi connectivity index (χ1) is 37.5. The highest BCUT2D eigenvalue weighted by Gasteiger charge is 2.19. The van der Waals surface area contributed by atoms with Gasteiger partial charge in [-0.2, -0.15) is 0 Å². The third kappa shape index (κ3) is 60.9. The van der Waals surface area contributed by atoms with Crippen LogP contribution < -0.4 is 0 Å². The van der Waals surface area contributed by atoms with Gasteiger partial charge in [-0.1, -0.05) is 265 Å². The van der Waals surface area contributed by atoms with Crippen molar-refractivity contribution in [2.75, 3.05) is 13.2 Å². The van der Waals surface area contributed by atoms with Crippen molar-refractivity contribution in [1.29, 1.82) is 0 Å². The van der Waals surface area contributed by atoms with Gasteiger partial charge in [0.25, 0.3) is 0 Å². The van der Waals surface area contributed by atoms with Crippen LogP contribution in [0, 0.1) is 0 Å². The van der Waals surface area contributed by atoms with Crippen molar-refractivity contribution >= 4 is 17.9 Å². The predicted octanol–water partition coefficient (Wildman–Crippen LogP) is 21.8. The molecule has 1 atom stereocenters. The second kappa shape index (κ2) is 63.6. The highest BCUT2D eigenvalue weighted by molar-refractivity contribution is 5.71. The molecule has 0 aliphatic rings. The van der Waals surface area contributed by atoms with E-state index in [1.807, 2.05) is 0 Å². The quantitative estimate of drug-likeness (QED) is 0.0261. The standard InChI is InChI=1S/C70H118O6/c1-4-7-10-13-16-19-22-25-28-31-33-34-35-36-37-40-42-45-48-51-54-57-60-63-69(72)75-66-67(65-74-68(71)62-59-56-53-50-47-44-41-38-30-27-24-21-18-15-12-9-6-3)76-70(73)64-61-58-55-52-49-46-43-39-32-29-26-23-20-17-14-11-8-5-2/h7,9-10,12,16,18-19,21,25,27-30,32-34,36-37,67H,4-6,8,11,13-15,17,20,22-24,26,31,35,38-66H2,1-3H3/b10-7-,12-9-,19-16-,21-18-,28-25-,30-27-,32-29-,34-33-,37-36-. The number of unbranched alkanes of at least 4 members (excludes halogenated alkanes) is 28. The number of carbonyl (C=O) groups excluding carboxylic acids is 3. The zero-order valence-corrected chi connectivity index (χ0v) is 49.7. The molecular formula is C70H118O6. The first-order valence-electron chi connectivity index (χ1n) is 31.9. The van der Waals surface area contributed by atoms with Gasteiger partial charge < -0.3 is 14.2 Å². The third-order valence-corrected chi connectivity index (χ3v) is 13.5. The summed E-state index contributed by atoms with van der Waals surface area (Å²) in [5.74, 6) is -0.906. The average Bonchev–Trinajstić information content (AvgIpc) is 3.42. The molecule has 0 spiro atoms. The summed E-state index contributed by atoms with van der Waals surface area (Å²) in [6, 6.07) is 0. The highest BCUT2D eigenvalue weighted by atomic mass is 16.6. The first-order valence-corrected chi connectivity index (χ1v) is 31.9. The monoisotopic (exact) mass is 1050 g/mol. The van der Waals surface area contributed by atoms with E-state index < -0.39 is 6.10 Å². The molecule has 1 unspecified atom stereocenters. The minimum atomic E-state index is -0.793. The molecule has 0 saturated heterocycles. The fourth-order valence-electron chi connectivity index (χ4n) is 8.77. The van der Waals surface area contributed by atoms with Crippen LogP contribution in [0.1, 0.15) is 297 Å². The molecule has 6 nitrogen and oxygen atoms in total. The van der Waals surface area contributed by atoms with Gasteiger partial charge in [0.15, 0.2) is 6.10 Å². The largest absolute Gasteiger partial charge is 0.462 e. The Morgan fingerprint density at radius 3 is 0.816 bits per heavy atom. The number of ether oxygens (including phenoxy) is 3. The molecule has 0 aliphatic carbocycles. The SMILES string of the molecule is CC/C=C\C/C=C\C/C=C\C/C=C\C/C=C\CCCCCCCCCC(=O)OCC(COC(=O)CCCCCCCCC/C=C\C/C=C\C/C=C\CC)OC(=O)CCCCCCCCC/C=C\CCCCCCCCC. The molecular weight excluding hydrogens is 937 g/mol. The lowest BCUT2D eigenvalue weighted by atomic mass is 10.1. The summed E-state index contributed by atoms with van der Waals surface area (Å²) in [7, 11) is 0. The van der Waals surface area contributed by atoms with Gasteiger partial charge in [-0.15, -0.1) is 0 Å². The first kappa shape index (κ1) is 72.1. The average molecular weight is 1060 g/mol. The second-order valence-electron chi connectivity index (χ2n) is 20.9. The van der Waals surface area contributed by atoms with E-state index in [-0.39, 0.29) is 31.1 Å². The summed E-state index contributed by atoms with van der Waals surface area (Å²) < 4.78 is 16.9. The van der Waals surface area contributed by atoms with Crippen LogP contribution in [-0.4, -0.2) is 37.2 Å². The Hall–Kier alpha value is -3.93. The Morgan fingerprint density at radius 1 is 0.276 bits per heavy atom. The number of hydrogen-bond acceptors (Lipinski definition) is 6. The maximum Gasteiger partial charge on any atom is 0.306 e. The molecule has 0 aromatic rings. The number of carbonyl (C=O) groups is 3. The molecule has 6 heteroatoms. The summed E-state index contributed by atoms with van der Waals surface area (Å²) in [6.45, 7) is 6.42. The van der Waals surface area contributed by atoms with Gasteiger partial charge in [0.1, 0.15) is 13.2 Å². The van der Waals surface area contributed by atoms with Crippen LogP contribution in [0.15, 0.2) is 109 Å². The molecule has 434 valence electrons. The van der Waals surface area contributed by atoms with Crippen molar-refractivity contribution in [3.63, 3.8) is 0 Å². The topological polar surface area (TPSA) is 78.9 Å². The van der Waals surface area contributed by atoms with Gasteiger partial charge in [-0.05, 0) is 122 Å². The van der Waals surface area contributed by atoms with Crippen molar-refractivity contribution in [2.45, 2.75) is 303 Å². The van der Waals surface area contributed by atoms with Crippen molar-refractivity contribution in [1.82, 2.24) is 0 Å². The predicted molar refractivity (Wildman–Crippen MR) is 330 cm³/mol. The fourth-order valence-corrected chi connectivity index (χ4v) is 8.77. The Morgan fingerprint density at radius 2 is 0.513 bits per heavy atom. The van der Waals surface area contributed by atoms with Gasteiger partial charge in [-0.3, -0.25) is 14.4 Å². The fraction of sp³-hybridized carbons (Fsp3) is 0.700. The molecule has 0 aromatic heterocycles. The molecule has 0 aliphatic heterocycles. The van der Waals surface area contributed by atoms with Crippen LogP contribution in [0.3, 0.4) is 0 Å². The zero-order chi connectivity index (χ0) is 55.0. The highest BCUT2D eigenvalue weighted by Crippen LogP contribution is 2.15. The Balaban J connectivity index is 4.42. The lowest BCUT2D eigenvalue weighted by molar-refractivity contribution is -0.167. The van der Waals surface area contributed by atoms with E-state index in [1.165, 1.54) is 135 Å². The molecule has 0 heterocycles. The minimum absolute atomic E-state index is 0.0890. The smallest absolute Gasteiger partial charge is 0.306 e. The number of esters is 3. The number of rotatable bonds is 57. The van der Waals surface area contributed by atoms with Gasteiger partial charge in [-0.25, -0.2) is 0 Å². The van der Waals surface area contributed by atoms with E-state index in [0.29, 0.717) is 19.3 Å². The Labute approximate surface area is 470 Å². The van der Waals surface area contributed by atoms with Crippen LogP contribution in [0.4, 0.5) is 0 Å².